The lowest BCUT2D eigenvalue weighted by Crippen LogP contribution is -2.29. The van der Waals surface area contributed by atoms with Gasteiger partial charge in [0.25, 0.3) is 0 Å². The third-order valence-electron chi connectivity index (χ3n) is 5.69. The van der Waals surface area contributed by atoms with Crippen molar-refractivity contribution in [1.82, 2.24) is 19.1 Å². The molecule has 0 bridgehead atoms. The Hall–Kier alpha value is -3.49. The minimum absolute atomic E-state index is 0.115. The van der Waals surface area contributed by atoms with E-state index in [0.29, 0.717) is 29.1 Å². The normalized spacial score (nSPS) is 18.9. The van der Waals surface area contributed by atoms with Crippen LogP contribution in [-0.2, 0) is 21.2 Å². The molecule has 1 aliphatic heterocycles. The first-order chi connectivity index (χ1) is 15.7. The van der Waals surface area contributed by atoms with Crippen LogP contribution in [0.15, 0.2) is 41.3 Å². The van der Waals surface area contributed by atoms with Gasteiger partial charge in [-0.1, -0.05) is 6.92 Å². The Balaban J connectivity index is 1.68. The van der Waals surface area contributed by atoms with E-state index in [9.17, 15) is 23.6 Å². The van der Waals surface area contributed by atoms with Crippen molar-refractivity contribution < 1.29 is 23.1 Å². The summed E-state index contributed by atoms with van der Waals surface area (Å²) in [4.78, 5) is 15.8. The molecule has 2 aromatic heterocycles. The van der Waals surface area contributed by atoms with E-state index in [1.807, 2.05) is 19.9 Å². The van der Waals surface area contributed by atoms with Crippen molar-refractivity contribution in [3.05, 3.63) is 47.8 Å². The van der Waals surface area contributed by atoms with Gasteiger partial charge in [0, 0.05) is 18.5 Å². The number of fused-ring (bicyclic) bond motifs is 1. The lowest BCUT2D eigenvalue weighted by molar-refractivity contribution is -0.136. The molecule has 1 fully saturated rings. The van der Waals surface area contributed by atoms with Crippen molar-refractivity contribution in [2.45, 2.75) is 31.2 Å². The Morgan fingerprint density at radius 3 is 2.61 bits per heavy atom. The van der Waals surface area contributed by atoms with Crippen LogP contribution in [0.2, 0.25) is 0 Å². The molecule has 0 amide bonds. The molecule has 0 saturated carbocycles. The highest BCUT2D eigenvalue weighted by molar-refractivity contribution is 7.89. The number of carboxylic acid groups (broad SMARTS) is 1. The van der Waals surface area contributed by atoms with Crippen LogP contribution >= 0.6 is 0 Å². The fraction of sp³-hybridized carbons (Fsp3) is 0.364. The van der Waals surface area contributed by atoms with Crippen molar-refractivity contribution in [2.75, 3.05) is 19.7 Å². The maximum absolute atomic E-state index is 13.3. The number of ether oxygens (including phenoxy) is 1. The second-order valence-corrected chi connectivity index (χ2v) is 9.85. The first-order valence-corrected chi connectivity index (χ1v) is 11.9. The molecule has 1 saturated heterocycles. The second-order valence-electron chi connectivity index (χ2n) is 7.91. The number of pyridine rings is 1. The van der Waals surface area contributed by atoms with Crippen LogP contribution in [0.4, 0.5) is 0 Å². The van der Waals surface area contributed by atoms with Crippen molar-refractivity contribution in [1.29, 1.82) is 5.26 Å². The number of hydrogen-bond donors (Lipinski definition) is 1. The van der Waals surface area contributed by atoms with E-state index in [-0.39, 0.29) is 42.1 Å². The number of aromatic nitrogens is 3. The fourth-order valence-electron chi connectivity index (χ4n) is 4.09. The maximum Gasteiger partial charge on any atom is 0.309 e. The summed E-state index contributed by atoms with van der Waals surface area (Å²) < 4.78 is 34.9. The third kappa shape index (κ3) is 4.27. The predicted molar refractivity (Wildman–Crippen MR) is 118 cm³/mol. The Labute approximate surface area is 191 Å². The van der Waals surface area contributed by atoms with Gasteiger partial charge >= 0.3 is 5.97 Å². The summed E-state index contributed by atoms with van der Waals surface area (Å²) >= 11 is 0. The van der Waals surface area contributed by atoms with E-state index < -0.39 is 16.0 Å². The zero-order valence-corrected chi connectivity index (χ0v) is 19.0. The maximum atomic E-state index is 13.3. The minimum Gasteiger partial charge on any atom is -0.494 e. The predicted octanol–water partition coefficient (Wildman–Crippen LogP) is 2.21. The van der Waals surface area contributed by atoms with Gasteiger partial charge in [-0.05, 0) is 49.2 Å². The number of benzene rings is 1. The molecule has 0 radical (unpaired) electrons. The molecule has 0 unspecified atom stereocenters. The van der Waals surface area contributed by atoms with Gasteiger partial charge in [0.1, 0.15) is 17.5 Å². The van der Waals surface area contributed by atoms with Gasteiger partial charge in [0.05, 0.1) is 29.7 Å². The van der Waals surface area contributed by atoms with Crippen molar-refractivity contribution in [2.24, 2.45) is 5.92 Å². The lowest BCUT2D eigenvalue weighted by atomic mass is 10.1. The van der Waals surface area contributed by atoms with Gasteiger partial charge in [-0.3, -0.25) is 4.79 Å². The number of carbonyl (C=O) groups is 1. The molecule has 1 aliphatic rings. The zero-order chi connectivity index (χ0) is 23.8. The van der Waals surface area contributed by atoms with E-state index in [4.69, 9.17) is 4.74 Å². The van der Waals surface area contributed by atoms with Crippen LogP contribution in [0.25, 0.3) is 11.0 Å². The SMILES string of the molecule is CCOc1ccc(S(=O)(=O)N2C[C@@H](C)[C@@H](n3nc(CC(=O)O)c4ccc(C#N)nc43)C2)cc1. The zero-order valence-electron chi connectivity index (χ0n) is 18.2. The number of carboxylic acids is 1. The molecule has 11 heteroatoms. The van der Waals surface area contributed by atoms with Crippen LogP contribution in [0, 0.1) is 17.2 Å². The van der Waals surface area contributed by atoms with Crippen LogP contribution in [0.3, 0.4) is 0 Å². The summed E-state index contributed by atoms with van der Waals surface area (Å²) in [7, 11) is -3.75. The molecular weight excluding hydrogens is 446 g/mol. The van der Waals surface area contributed by atoms with Crippen LogP contribution in [0.5, 0.6) is 5.75 Å². The highest BCUT2D eigenvalue weighted by atomic mass is 32.2. The van der Waals surface area contributed by atoms with Crippen LogP contribution < -0.4 is 4.74 Å². The Kier molecular flexibility index (Phi) is 6.05. The van der Waals surface area contributed by atoms with Crippen molar-refractivity contribution >= 4 is 27.0 Å². The number of aliphatic carboxylic acids is 1. The fourth-order valence-corrected chi connectivity index (χ4v) is 5.65. The quantitative estimate of drug-likeness (QED) is 0.556. The van der Waals surface area contributed by atoms with E-state index in [0.717, 1.165) is 0 Å². The van der Waals surface area contributed by atoms with Gasteiger partial charge in [-0.25, -0.2) is 18.1 Å². The third-order valence-corrected chi connectivity index (χ3v) is 7.54. The topological polar surface area (TPSA) is 138 Å². The van der Waals surface area contributed by atoms with Crippen molar-refractivity contribution in [3.63, 3.8) is 0 Å². The molecule has 1 aromatic carbocycles. The van der Waals surface area contributed by atoms with Crippen LogP contribution in [0.1, 0.15) is 31.3 Å². The Morgan fingerprint density at radius 1 is 1.24 bits per heavy atom. The number of rotatable bonds is 7. The minimum atomic E-state index is -3.75. The van der Waals surface area contributed by atoms with Gasteiger partial charge < -0.3 is 9.84 Å². The summed E-state index contributed by atoms with van der Waals surface area (Å²) in [5.74, 6) is -0.557. The van der Waals surface area contributed by atoms with Gasteiger partial charge in [0.15, 0.2) is 5.65 Å². The molecule has 0 spiro atoms. The lowest BCUT2D eigenvalue weighted by Gasteiger charge is -2.17. The van der Waals surface area contributed by atoms with E-state index in [1.165, 1.54) is 22.5 Å². The summed E-state index contributed by atoms with van der Waals surface area (Å²) in [5, 5.41) is 23.5. The van der Waals surface area contributed by atoms with Gasteiger partial charge in [0.2, 0.25) is 10.0 Å². The monoisotopic (exact) mass is 469 g/mol. The summed E-state index contributed by atoms with van der Waals surface area (Å²) in [5.41, 5.74) is 0.881. The molecule has 3 aromatic rings. The highest BCUT2D eigenvalue weighted by Crippen LogP contribution is 2.34. The first kappa shape index (κ1) is 22.7. The molecule has 172 valence electrons. The van der Waals surface area contributed by atoms with E-state index in [1.54, 1.807) is 22.9 Å². The van der Waals surface area contributed by atoms with E-state index in [2.05, 4.69) is 10.1 Å². The Bertz CT molecular complexity index is 1340. The largest absolute Gasteiger partial charge is 0.494 e. The average molecular weight is 470 g/mol. The number of nitrogens with zero attached hydrogens (tertiary/aromatic N) is 5. The number of sulfonamides is 1. The highest BCUT2D eigenvalue weighted by Gasteiger charge is 2.39. The van der Waals surface area contributed by atoms with Crippen molar-refractivity contribution in [3.8, 4) is 11.8 Å². The Morgan fingerprint density at radius 2 is 1.97 bits per heavy atom. The number of nitriles is 1. The molecule has 10 nitrogen and oxygen atoms in total. The molecule has 1 N–H and O–H groups in total. The molecule has 3 heterocycles. The number of hydrogen-bond acceptors (Lipinski definition) is 7. The smallest absolute Gasteiger partial charge is 0.309 e. The average Bonchev–Trinajstić information content (AvgIpc) is 3.34. The van der Waals surface area contributed by atoms with Gasteiger partial charge in [-0.2, -0.15) is 14.7 Å². The standard InChI is InChI=1S/C22H23N5O5S/c1-3-32-16-5-7-17(8-6-16)33(30,31)26-12-14(2)20(13-26)27-22-18(9-4-15(11-23)24-22)19(25-27)10-21(28)29/h4-9,14,20H,3,10,12-13H2,1-2H3,(H,28,29)/t14-,20+/m1/s1. The molecule has 2 atom stereocenters. The summed E-state index contributed by atoms with van der Waals surface area (Å²) in [6.45, 7) is 4.68. The molecule has 0 aliphatic carbocycles. The molecular formula is C22H23N5O5S. The first-order valence-electron chi connectivity index (χ1n) is 10.5. The molecule has 33 heavy (non-hydrogen) atoms. The van der Waals surface area contributed by atoms with E-state index >= 15 is 0 Å². The van der Waals surface area contributed by atoms with Gasteiger partial charge in [-0.15, -0.1) is 0 Å². The molecule has 4 rings (SSSR count). The second kappa shape index (κ2) is 8.80. The summed E-state index contributed by atoms with van der Waals surface area (Å²) in [6, 6.07) is 11.1. The van der Waals surface area contributed by atoms with Crippen LogP contribution in [-0.4, -0.2) is 58.3 Å². The summed E-state index contributed by atoms with van der Waals surface area (Å²) in [6.07, 6.45) is -0.299.